The van der Waals surface area contributed by atoms with Gasteiger partial charge in [-0.2, -0.15) is 18.3 Å². The van der Waals surface area contributed by atoms with Gasteiger partial charge in [0.25, 0.3) is 5.72 Å². The van der Waals surface area contributed by atoms with Crippen molar-refractivity contribution in [1.29, 1.82) is 0 Å². The summed E-state index contributed by atoms with van der Waals surface area (Å²) in [5.74, 6) is 0. The summed E-state index contributed by atoms with van der Waals surface area (Å²) < 4.78 is 63.3. The van der Waals surface area contributed by atoms with Crippen molar-refractivity contribution < 1.29 is 26.7 Å². The van der Waals surface area contributed by atoms with Crippen molar-refractivity contribution in [2.24, 2.45) is 10.1 Å². The lowest BCUT2D eigenvalue weighted by Crippen LogP contribution is -2.55. The highest BCUT2D eigenvalue weighted by atomic mass is 32.2. The number of thioether (sulfide) groups is 1. The second-order valence-electron chi connectivity index (χ2n) is 5.41. The van der Waals surface area contributed by atoms with Crippen LogP contribution in [0.15, 0.2) is 40.4 Å². The van der Waals surface area contributed by atoms with Crippen molar-refractivity contribution in [2.75, 3.05) is 6.26 Å². The summed E-state index contributed by atoms with van der Waals surface area (Å²) in [7, 11) is -3.95. The number of aliphatic imine (C=N–C) groups is 1. The van der Waals surface area contributed by atoms with Crippen LogP contribution in [0.3, 0.4) is 0 Å². The van der Waals surface area contributed by atoms with Crippen molar-refractivity contribution in [2.45, 2.75) is 23.7 Å². The minimum Gasteiger partial charge on any atom is -0.362 e. The Bertz CT molecular complexity index is 824. The lowest BCUT2D eigenvalue weighted by Gasteiger charge is -2.37. The number of sulfone groups is 1. The van der Waals surface area contributed by atoms with Crippen LogP contribution in [0.25, 0.3) is 0 Å². The quantitative estimate of drug-likeness (QED) is 0.847. The molecule has 24 heavy (non-hydrogen) atoms. The first-order chi connectivity index (χ1) is 11.0. The molecule has 2 aliphatic heterocycles. The van der Waals surface area contributed by atoms with Gasteiger partial charge in [0.1, 0.15) is 5.04 Å². The van der Waals surface area contributed by atoms with E-state index < -0.39 is 33.5 Å². The molecular weight excluding hydrogens is 367 g/mol. The van der Waals surface area contributed by atoms with Gasteiger partial charge >= 0.3 is 6.18 Å². The minimum absolute atomic E-state index is 0.296. The van der Waals surface area contributed by atoms with Crippen molar-refractivity contribution in [1.82, 2.24) is 5.01 Å². The van der Waals surface area contributed by atoms with Gasteiger partial charge in [-0.3, -0.25) is 0 Å². The molecule has 0 amide bonds. The Morgan fingerprint density at radius 2 is 1.96 bits per heavy atom. The number of fused-ring (bicyclic) bond motifs is 1. The maximum absolute atomic E-state index is 13.1. The molecule has 0 aliphatic carbocycles. The number of alkyl halides is 3. The third-order valence-electron chi connectivity index (χ3n) is 3.56. The highest BCUT2D eigenvalue weighted by molar-refractivity contribution is 8.27. The van der Waals surface area contributed by atoms with E-state index in [1.807, 2.05) is 0 Å². The van der Waals surface area contributed by atoms with E-state index in [4.69, 9.17) is 0 Å². The monoisotopic (exact) mass is 379 g/mol. The number of aliphatic hydroxyl groups is 1. The summed E-state index contributed by atoms with van der Waals surface area (Å²) >= 11 is 0.787. The molecule has 6 nitrogen and oxygen atoms in total. The summed E-state index contributed by atoms with van der Waals surface area (Å²) in [6.45, 7) is 0. The van der Waals surface area contributed by atoms with Gasteiger partial charge in [-0.05, 0) is 11.8 Å². The number of hydrogen-bond donors (Lipinski definition) is 1. The Hall–Kier alpha value is -1.59. The summed E-state index contributed by atoms with van der Waals surface area (Å²) in [6.07, 6.45) is -5.42. The van der Waals surface area contributed by atoms with Gasteiger partial charge in [0.05, 0.1) is 0 Å². The van der Waals surface area contributed by atoms with Crippen LogP contribution < -0.4 is 0 Å². The molecule has 3 rings (SSSR count). The van der Waals surface area contributed by atoms with Gasteiger partial charge in [-0.1, -0.05) is 30.3 Å². The van der Waals surface area contributed by atoms with Gasteiger partial charge in [0.15, 0.2) is 20.4 Å². The van der Waals surface area contributed by atoms with Crippen LogP contribution in [0.5, 0.6) is 0 Å². The van der Waals surface area contributed by atoms with E-state index in [0.717, 1.165) is 23.0 Å². The zero-order valence-corrected chi connectivity index (χ0v) is 13.9. The molecule has 0 aromatic heterocycles. The second-order valence-corrected chi connectivity index (χ2v) is 8.57. The van der Waals surface area contributed by atoms with E-state index >= 15 is 0 Å². The van der Waals surface area contributed by atoms with Crippen LogP contribution in [-0.4, -0.2) is 52.3 Å². The van der Waals surface area contributed by atoms with Gasteiger partial charge in [-0.15, -0.1) is 0 Å². The van der Waals surface area contributed by atoms with Gasteiger partial charge < -0.3 is 5.11 Å². The van der Waals surface area contributed by atoms with Crippen LogP contribution in [0.2, 0.25) is 0 Å². The Balaban J connectivity index is 2.08. The predicted octanol–water partition coefficient (Wildman–Crippen LogP) is 1.78. The maximum atomic E-state index is 13.1. The second kappa shape index (κ2) is 5.46. The van der Waals surface area contributed by atoms with Crippen LogP contribution >= 0.6 is 11.8 Å². The molecule has 2 atom stereocenters. The van der Waals surface area contributed by atoms with E-state index in [1.165, 1.54) is 0 Å². The largest absolute Gasteiger partial charge is 0.438 e. The fourth-order valence-corrected chi connectivity index (χ4v) is 4.42. The first-order valence-corrected chi connectivity index (χ1v) is 9.47. The lowest BCUT2D eigenvalue weighted by molar-refractivity contribution is -0.262. The SMILES string of the molecule is CS(=O)(=O)[C@H]1C[C@@](O)(C(F)(F)F)N=C2SC(c3ccccc3)=NN21. The van der Waals surface area contributed by atoms with E-state index in [1.54, 1.807) is 30.3 Å². The zero-order chi connectivity index (χ0) is 17.8. The summed E-state index contributed by atoms with van der Waals surface area (Å²) in [5.41, 5.74) is -2.84. The molecule has 11 heteroatoms. The number of hydrazone groups is 1. The molecule has 0 bridgehead atoms. The zero-order valence-electron chi connectivity index (χ0n) is 12.2. The summed E-state index contributed by atoms with van der Waals surface area (Å²) in [5, 5.41) is 13.3. The maximum Gasteiger partial charge on any atom is 0.438 e. The number of rotatable bonds is 2. The molecule has 1 aromatic rings. The molecule has 0 saturated carbocycles. The van der Waals surface area contributed by atoms with Crippen LogP contribution in [0, 0.1) is 0 Å². The lowest BCUT2D eigenvalue weighted by atomic mass is 10.1. The molecule has 0 radical (unpaired) electrons. The highest BCUT2D eigenvalue weighted by Gasteiger charge is 2.60. The van der Waals surface area contributed by atoms with Crippen molar-refractivity contribution in [3.63, 3.8) is 0 Å². The standard InChI is InChI=1S/C13H12F3N3O3S2/c1-24(21,22)9-7-12(20,13(14,15)16)17-11-19(9)18-10(23-11)8-5-3-2-4-6-8/h2-6,9,20H,7H2,1H3/t9-,12+/m0/s1. The topological polar surface area (TPSA) is 82.3 Å². The summed E-state index contributed by atoms with van der Waals surface area (Å²) in [4.78, 5) is 3.34. The molecule has 2 heterocycles. The van der Waals surface area contributed by atoms with Gasteiger partial charge in [0, 0.05) is 18.2 Å². The van der Waals surface area contributed by atoms with Gasteiger partial charge in [-0.25, -0.2) is 18.4 Å². The highest BCUT2D eigenvalue weighted by Crippen LogP contribution is 2.43. The van der Waals surface area contributed by atoms with Crippen LogP contribution in [0.1, 0.15) is 12.0 Å². The van der Waals surface area contributed by atoms with Gasteiger partial charge in [0.2, 0.25) is 0 Å². The Morgan fingerprint density at radius 1 is 1.33 bits per heavy atom. The Morgan fingerprint density at radius 3 is 2.50 bits per heavy atom. The first-order valence-electron chi connectivity index (χ1n) is 6.70. The fourth-order valence-electron chi connectivity index (χ4n) is 2.30. The average molecular weight is 379 g/mol. The van der Waals surface area contributed by atoms with Crippen LogP contribution in [0.4, 0.5) is 13.2 Å². The molecule has 0 unspecified atom stereocenters. The van der Waals surface area contributed by atoms with Crippen molar-refractivity contribution in [3.05, 3.63) is 35.9 Å². The molecular formula is C13H12F3N3O3S2. The molecule has 130 valence electrons. The molecule has 1 N–H and O–H groups in total. The van der Waals surface area contributed by atoms with Crippen molar-refractivity contribution in [3.8, 4) is 0 Å². The Kier molecular flexibility index (Phi) is 3.92. The third kappa shape index (κ3) is 2.91. The third-order valence-corrected chi connectivity index (χ3v) is 5.89. The van der Waals surface area contributed by atoms with E-state index in [-0.39, 0.29) is 5.17 Å². The first kappa shape index (κ1) is 17.2. The number of benzene rings is 1. The molecule has 1 aromatic carbocycles. The smallest absolute Gasteiger partial charge is 0.362 e. The predicted molar refractivity (Wildman–Crippen MR) is 84.1 cm³/mol. The molecule has 2 aliphatic rings. The molecule has 0 spiro atoms. The summed E-state index contributed by atoms with van der Waals surface area (Å²) in [6, 6.07) is 8.58. The van der Waals surface area contributed by atoms with E-state index in [2.05, 4.69) is 10.1 Å². The number of hydrogen-bond acceptors (Lipinski definition) is 7. The van der Waals surface area contributed by atoms with Crippen LogP contribution in [-0.2, 0) is 9.84 Å². The average Bonchev–Trinajstić information content (AvgIpc) is 2.88. The minimum atomic E-state index is -5.09. The normalized spacial score (nSPS) is 27.5. The fraction of sp³-hybridized carbons (Fsp3) is 0.385. The number of amidine groups is 1. The Labute approximate surface area is 140 Å². The van der Waals surface area contributed by atoms with Crippen molar-refractivity contribution >= 4 is 31.8 Å². The number of nitrogens with zero attached hydrogens (tertiary/aromatic N) is 3. The van der Waals surface area contributed by atoms with E-state index in [9.17, 15) is 26.7 Å². The molecule has 0 fully saturated rings. The molecule has 0 saturated heterocycles. The van der Waals surface area contributed by atoms with E-state index in [0.29, 0.717) is 10.6 Å². The number of halogens is 3.